The van der Waals surface area contributed by atoms with E-state index in [1.165, 1.54) is 0 Å². The third-order valence-corrected chi connectivity index (χ3v) is 7.73. The van der Waals surface area contributed by atoms with Crippen LogP contribution in [0.3, 0.4) is 0 Å². The quantitative estimate of drug-likeness (QED) is 0.400. The smallest absolute Gasteiger partial charge is 0.336 e. The van der Waals surface area contributed by atoms with Gasteiger partial charge in [0.2, 0.25) is 0 Å². The molecule has 2 heterocycles. The van der Waals surface area contributed by atoms with Gasteiger partial charge in [0.05, 0.1) is 12.7 Å². The number of carbonyl (C=O) groups excluding carboxylic acids is 2. The average Bonchev–Trinajstić information content (AvgIpc) is 3.35. The van der Waals surface area contributed by atoms with Gasteiger partial charge in [-0.25, -0.2) is 4.79 Å². The Labute approximate surface area is 203 Å². The Morgan fingerprint density at radius 2 is 2.06 bits per heavy atom. The molecule has 1 aliphatic carbocycles. The van der Waals surface area contributed by atoms with Gasteiger partial charge in [0.1, 0.15) is 12.4 Å². The van der Waals surface area contributed by atoms with E-state index in [4.69, 9.17) is 9.47 Å². The van der Waals surface area contributed by atoms with Crippen LogP contribution in [0.1, 0.15) is 49.7 Å². The molecule has 0 spiro atoms. The number of thioether (sulfide) groups is 1. The number of Topliss-reactive ketones (excluding diaryl/α,β-unsaturated/α-hetero) is 1. The maximum atomic E-state index is 13.6. The van der Waals surface area contributed by atoms with E-state index >= 15 is 0 Å². The summed E-state index contributed by atoms with van der Waals surface area (Å²) in [5.41, 5.74) is 4.89. The molecule has 2 aliphatic rings. The van der Waals surface area contributed by atoms with E-state index in [1.807, 2.05) is 48.0 Å². The molecule has 33 heavy (non-hydrogen) atoms. The van der Waals surface area contributed by atoms with Crippen molar-refractivity contribution in [2.45, 2.75) is 38.5 Å². The van der Waals surface area contributed by atoms with E-state index in [-0.39, 0.29) is 17.7 Å². The zero-order chi connectivity index (χ0) is 23.4. The van der Waals surface area contributed by atoms with Crippen LogP contribution in [-0.2, 0) is 14.3 Å². The zero-order valence-corrected chi connectivity index (χ0v) is 20.8. The Hall–Kier alpha value is -2.51. The summed E-state index contributed by atoms with van der Waals surface area (Å²) in [6.07, 6.45) is 1.07. The van der Waals surface area contributed by atoms with E-state index in [1.54, 1.807) is 30.2 Å². The monoisotopic (exact) mass is 483 g/mol. The first-order chi connectivity index (χ1) is 16.0. The van der Waals surface area contributed by atoms with Crippen LogP contribution in [0.4, 0.5) is 0 Å². The van der Waals surface area contributed by atoms with Crippen LogP contribution in [-0.4, -0.2) is 37.0 Å². The Morgan fingerprint density at radius 3 is 2.79 bits per heavy atom. The fourth-order valence-electron chi connectivity index (χ4n) is 4.72. The molecule has 0 unspecified atom stereocenters. The molecule has 2 aromatic rings. The van der Waals surface area contributed by atoms with E-state index < -0.39 is 5.92 Å². The molecule has 4 rings (SSSR count). The minimum absolute atomic E-state index is 0.0235. The summed E-state index contributed by atoms with van der Waals surface area (Å²) in [6, 6.07) is 9.87. The van der Waals surface area contributed by atoms with Crippen LogP contribution < -0.4 is 10.1 Å². The molecule has 0 bridgehead atoms. The molecule has 2 atom stereocenters. The SMILES string of the molecule is CCSCCOC(=O)C1=C(C)NC2=C(C(=O)C[C@H](c3ccccc3OC)C2)[C@@H]1c1ccsc1. The molecular weight excluding hydrogens is 454 g/mol. The van der Waals surface area contributed by atoms with Crippen molar-refractivity contribution in [1.82, 2.24) is 5.32 Å². The topological polar surface area (TPSA) is 64.6 Å². The van der Waals surface area contributed by atoms with Crippen LogP contribution in [0.5, 0.6) is 5.75 Å². The van der Waals surface area contributed by atoms with Gasteiger partial charge < -0.3 is 14.8 Å². The van der Waals surface area contributed by atoms with Crippen molar-refractivity contribution in [2.75, 3.05) is 25.2 Å². The second kappa shape index (κ2) is 10.6. The number of nitrogens with one attached hydrogen (secondary N) is 1. The molecule has 7 heteroatoms. The van der Waals surface area contributed by atoms with Crippen molar-refractivity contribution >= 4 is 34.9 Å². The highest BCUT2D eigenvalue weighted by Crippen LogP contribution is 2.47. The lowest BCUT2D eigenvalue weighted by atomic mass is 9.72. The Bertz CT molecular complexity index is 1090. The summed E-state index contributed by atoms with van der Waals surface area (Å²) >= 11 is 3.30. The summed E-state index contributed by atoms with van der Waals surface area (Å²) in [5.74, 6) is 1.88. The minimum Gasteiger partial charge on any atom is -0.496 e. The number of hydrogen-bond acceptors (Lipinski definition) is 7. The van der Waals surface area contributed by atoms with Gasteiger partial charge in [0, 0.05) is 41.0 Å². The number of carbonyl (C=O) groups is 2. The molecule has 174 valence electrons. The molecule has 0 saturated carbocycles. The number of thiophene rings is 1. The summed E-state index contributed by atoms with van der Waals surface area (Å²) in [6.45, 7) is 4.34. The van der Waals surface area contributed by atoms with Gasteiger partial charge >= 0.3 is 5.97 Å². The van der Waals surface area contributed by atoms with Crippen molar-refractivity contribution in [3.05, 3.63) is 74.8 Å². The van der Waals surface area contributed by atoms with Gasteiger partial charge in [0.15, 0.2) is 5.78 Å². The molecular formula is C26H29NO4S2. The molecule has 1 aliphatic heterocycles. The van der Waals surface area contributed by atoms with Crippen molar-refractivity contribution in [1.29, 1.82) is 0 Å². The van der Waals surface area contributed by atoms with Crippen LogP contribution in [0.2, 0.25) is 0 Å². The van der Waals surface area contributed by atoms with Gasteiger partial charge in [-0.05, 0) is 53.1 Å². The summed E-state index contributed by atoms with van der Waals surface area (Å²) in [5, 5.41) is 7.41. The van der Waals surface area contributed by atoms with Crippen LogP contribution in [0.25, 0.3) is 0 Å². The van der Waals surface area contributed by atoms with Crippen LogP contribution in [0.15, 0.2) is 63.6 Å². The lowest BCUT2D eigenvalue weighted by Crippen LogP contribution is -2.36. The third kappa shape index (κ3) is 4.89. The molecule has 1 aromatic heterocycles. The Kier molecular flexibility index (Phi) is 7.60. The van der Waals surface area contributed by atoms with Gasteiger partial charge in [-0.2, -0.15) is 23.1 Å². The molecule has 0 amide bonds. The third-order valence-electron chi connectivity index (χ3n) is 6.17. The number of hydrogen-bond donors (Lipinski definition) is 1. The largest absolute Gasteiger partial charge is 0.496 e. The number of methoxy groups -OCH3 is 1. The van der Waals surface area contributed by atoms with Crippen molar-refractivity contribution in [3.63, 3.8) is 0 Å². The lowest BCUT2D eigenvalue weighted by Gasteiger charge is -2.36. The first-order valence-corrected chi connectivity index (χ1v) is 13.3. The first kappa shape index (κ1) is 23.6. The highest BCUT2D eigenvalue weighted by atomic mass is 32.2. The normalized spacial score (nSPS) is 20.4. The minimum atomic E-state index is -0.398. The predicted octanol–water partition coefficient (Wildman–Crippen LogP) is 5.41. The molecule has 0 fully saturated rings. The van der Waals surface area contributed by atoms with Gasteiger partial charge in [-0.3, -0.25) is 4.79 Å². The van der Waals surface area contributed by atoms with E-state index in [0.717, 1.165) is 39.8 Å². The van der Waals surface area contributed by atoms with Crippen LogP contribution >= 0.6 is 23.1 Å². The number of ether oxygens (including phenoxy) is 2. The number of dihydropyridines is 1. The van der Waals surface area contributed by atoms with E-state index in [0.29, 0.717) is 30.6 Å². The van der Waals surface area contributed by atoms with Gasteiger partial charge in [-0.1, -0.05) is 25.1 Å². The molecule has 1 N–H and O–H groups in total. The molecule has 5 nitrogen and oxygen atoms in total. The Morgan fingerprint density at radius 1 is 1.24 bits per heavy atom. The van der Waals surface area contributed by atoms with Crippen LogP contribution in [0, 0.1) is 0 Å². The maximum Gasteiger partial charge on any atom is 0.336 e. The number of ketones is 1. The molecule has 0 radical (unpaired) electrons. The summed E-state index contributed by atoms with van der Waals surface area (Å²) in [7, 11) is 1.66. The highest BCUT2D eigenvalue weighted by molar-refractivity contribution is 7.99. The maximum absolute atomic E-state index is 13.6. The fraction of sp³-hybridized carbons (Fsp3) is 0.385. The fourth-order valence-corrected chi connectivity index (χ4v) is 5.90. The van der Waals surface area contributed by atoms with Gasteiger partial charge in [-0.15, -0.1) is 0 Å². The second-order valence-corrected chi connectivity index (χ2v) is 10.3. The number of esters is 1. The molecule has 1 aromatic carbocycles. The first-order valence-electron chi connectivity index (χ1n) is 11.2. The standard InChI is InChI=1S/C26H29NO4S2/c1-4-32-12-10-31-26(29)23-16(2)27-20-13-18(19-7-5-6-8-22(19)30-3)14-21(28)25(20)24(23)17-9-11-33-15-17/h5-9,11,15,18,24,27H,4,10,12-14H2,1-3H3/t18-,24-/m1/s1. The zero-order valence-electron chi connectivity index (χ0n) is 19.2. The van der Waals surface area contributed by atoms with Gasteiger partial charge in [0.25, 0.3) is 0 Å². The number of rotatable bonds is 8. The predicted molar refractivity (Wildman–Crippen MR) is 134 cm³/mol. The highest BCUT2D eigenvalue weighted by Gasteiger charge is 2.41. The average molecular weight is 484 g/mol. The lowest BCUT2D eigenvalue weighted by molar-refractivity contribution is -0.138. The number of benzene rings is 1. The van der Waals surface area contributed by atoms with E-state index in [2.05, 4.69) is 12.2 Å². The van der Waals surface area contributed by atoms with E-state index in [9.17, 15) is 9.59 Å². The van der Waals surface area contributed by atoms with Crippen molar-refractivity contribution in [3.8, 4) is 5.75 Å². The molecule has 0 saturated heterocycles. The Balaban J connectivity index is 1.68. The summed E-state index contributed by atoms with van der Waals surface area (Å²) in [4.78, 5) is 26.7. The number of allylic oxidation sites excluding steroid dienone is 3. The van der Waals surface area contributed by atoms with Crippen molar-refractivity contribution < 1.29 is 19.1 Å². The van der Waals surface area contributed by atoms with Crippen molar-refractivity contribution in [2.24, 2.45) is 0 Å². The summed E-state index contributed by atoms with van der Waals surface area (Å²) < 4.78 is 11.2. The second-order valence-electron chi connectivity index (χ2n) is 8.15. The number of para-hydroxylation sites is 1.